The molecule has 0 unspecified atom stereocenters. The van der Waals surface area contributed by atoms with Gasteiger partial charge in [-0.2, -0.15) is 0 Å². The second-order valence-electron chi connectivity index (χ2n) is 8.88. The molecule has 0 spiro atoms. The number of fused-ring (bicyclic) bond motifs is 1. The van der Waals surface area contributed by atoms with Gasteiger partial charge in [-0.1, -0.05) is 6.92 Å². The highest BCUT2D eigenvalue weighted by molar-refractivity contribution is 7.20. The fourth-order valence-corrected chi connectivity index (χ4v) is 4.93. The van der Waals surface area contributed by atoms with Gasteiger partial charge in [0.15, 0.2) is 0 Å². The first-order valence-corrected chi connectivity index (χ1v) is 12.9. The van der Waals surface area contributed by atoms with Crippen LogP contribution in [0.5, 0.6) is 5.75 Å². The lowest BCUT2D eigenvalue weighted by Crippen LogP contribution is -2.54. The summed E-state index contributed by atoms with van der Waals surface area (Å²) in [7, 11) is 1.45. The molecule has 0 fully saturated rings. The second-order valence-corrected chi connectivity index (χ2v) is 9.88. The number of nitrogens with two attached hydrogens (primary N) is 1. The Labute approximate surface area is 223 Å². The summed E-state index contributed by atoms with van der Waals surface area (Å²) in [5.41, 5.74) is 3.22. The minimum Gasteiger partial charge on any atom is -0.496 e. The van der Waals surface area contributed by atoms with Crippen LogP contribution in [0.1, 0.15) is 54.9 Å². The highest BCUT2D eigenvalue weighted by Gasteiger charge is 2.34. The molecule has 3 rings (SSSR count). The number of aromatic nitrogens is 2. The van der Waals surface area contributed by atoms with Crippen LogP contribution in [0.15, 0.2) is 27.8 Å². The Kier molecular flexibility index (Phi) is 10.4. The molecule has 38 heavy (non-hydrogen) atoms. The molecule has 1 amide bonds. The Bertz CT molecular complexity index is 1440. The lowest BCUT2D eigenvalue weighted by atomic mass is 10.0. The van der Waals surface area contributed by atoms with E-state index in [-0.39, 0.29) is 34.7 Å². The van der Waals surface area contributed by atoms with Gasteiger partial charge in [-0.15, -0.1) is 11.3 Å². The number of halogens is 1. The molecule has 0 atom stereocenters. The SMILES string of the molecule is CCCO.CCOC(=O)c1sc2c(c1C)c(=O)n(C(C)(C)C(N)=O)c(=O)n2CCc1cc(F)ccc1OC. The van der Waals surface area contributed by atoms with Crippen molar-refractivity contribution in [3.63, 3.8) is 0 Å². The molecule has 1 aromatic carbocycles. The predicted octanol–water partition coefficient (Wildman–Crippen LogP) is 2.71. The number of rotatable bonds is 9. The molecule has 0 saturated heterocycles. The van der Waals surface area contributed by atoms with Crippen LogP contribution in [0.3, 0.4) is 0 Å². The van der Waals surface area contributed by atoms with Gasteiger partial charge in [-0.3, -0.25) is 14.2 Å². The molecule has 3 aromatic rings. The zero-order chi connectivity index (χ0) is 28.8. The van der Waals surface area contributed by atoms with Crippen LogP contribution >= 0.6 is 11.3 Å². The predicted molar refractivity (Wildman–Crippen MR) is 144 cm³/mol. The first-order chi connectivity index (χ1) is 17.9. The molecule has 0 radical (unpaired) electrons. The third kappa shape index (κ3) is 6.13. The number of aryl methyl sites for hydroxylation is 3. The maximum atomic E-state index is 13.9. The maximum absolute atomic E-state index is 13.9. The van der Waals surface area contributed by atoms with Crippen molar-refractivity contribution in [3.05, 3.63) is 60.9 Å². The smallest absolute Gasteiger partial charge is 0.348 e. The molecular formula is C26H34FN3O7S. The van der Waals surface area contributed by atoms with Crippen LogP contribution in [0.25, 0.3) is 10.2 Å². The van der Waals surface area contributed by atoms with Crippen LogP contribution < -0.4 is 21.7 Å². The van der Waals surface area contributed by atoms with Gasteiger partial charge in [0, 0.05) is 13.2 Å². The molecule has 12 heteroatoms. The number of primary amides is 1. The largest absolute Gasteiger partial charge is 0.496 e. The van der Waals surface area contributed by atoms with Crippen LogP contribution in [-0.2, 0) is 28.0 Å². The van der Waals surface area contributed by atoms with Crippen LogP contribution in [0.2, 0.25) is 0 Å². The van der Waals surface area contributed by atoms with Gasteiger partial charge < -0.3 is 20.3 Å². The van der Waals surface area contributed by atoms with E-state index in [9.17, 15) is 23.6 Å². The Morgan fingerprint density at radius 3 is 2.37 bits per heavy atom. The minimum absolute atomic E-state index is 0.0203. The van der Waals surface area contributed by atoms with Crippen molar-refractivity contribution in [2.45, 2.75) is 59.5 Å². The molecule has 0 bridgehead atoms. The standard InChI is InChI=1S/C23H26FN3O6S.C3H8O/c1-6-33-20(29)17-12(2)16-18(28)27(23(3,4)21(25)30)22(31)26(19(16)34-17)10-9-13-11-14(24)7-8-15(13)32-5;1-2-3-4/h7-8,11H,6,9-10H2,1-5H3,(H2,25,30);4H,2-3H2,1H3. The van der Waals surface area contributed by atoms with Gasteiger partial charge in [-0.05, 0) is 69.9 Å². The fraction of sp³-hybridized carbons (Fsp3) is 0.462. The summed E-state index contributed by atoms with van der Waals surface area (Å²) in [6.45, 7) is 8.39. The Morgan fingerprint density at radius 2 is 1.84 bits per heavy atom. The minimum atomic E-state index is -1.64. The molecule has 0 aliphatic carbocycles. The summed E-state index contributed by atoms with van der Waals surface area (Å²) >= 11 is 0.956. The van der Waals surface area contributed by atoms with E-state index in [0.717, 1.165) is 22.3 Å². The van der Waals surface area contributed by atoms with Crippen LogP contribution in [0.4, 0.5) is 4.39 Å². The Morgan fingerprint density at radius 1 is 1.21 bits per heavy atom. The number of benzene rings is 1. The number of ether oxygens (including phenoxy) is 2. The summed E-state index contributed by atoms with van der Waals surface area (Å²) in [6, 6.07) is 4.04. The third-order valence-corrected chi connectivity index (χ3v) is 7.20. The third-order valence-electron chi connectivity index (χ3n) is 5.91. The number of thiophene rings is 1. The van der Waals surface area contributed by atoms with E-state index in [2.05, 4.69) is 0 Å². The molecule has 0 saturated carbocycles. The Hall–Kier alpha value is -3.51. The molecule has 0 aliphatic heterocycles. The highest BCUT2D eigenvalue weighted by Crippen LogP contribution is 2.30. The quantitative estimate of drug-likeness (QED) is 0.389. The van der Waals surface area contributed by atoms with Gasteiger partial charge in [0.05, 0.1) is 19.1 Å². The highest BCUT2D eigenvalue weighted by atomic mass is 32.1. The number of hydrogen-bond donors (Lipinski definition) is 2. The van der Waals surface area contributed by atoms with Crippen LogP contribution in [-0.4, -0.2) is 46.4 Å². The Balaban J connectivity index is 0.00000118. The van der Waals surface area contributed by atoms with Gasteiger partial charge in [0.25, 0.3) is 5.56 Å². The average Bonchev–Trinajstić information content (AvgIpc) is 3.21. The summed E-state index contributed by atoms with van der Waals surface area (Å²) in [5.74, 6) is -1.52. The van der Waals surface area contributed by atoms with E-state index >= 15 is 0 Å². The zero-order valence-electron chi connectivity index (χ0n) is 22.4. The van der Waals surface area contributed by atoms with Crippen molar-refractivity contribution in [1.29, 1.82) is 0 Å². The molecule has 10 nitrogen and oxygen atoms in total. The van der Waals surface area contributed by atoms with Gasteiger partial charge in [0.1, 0.15) is 26.8 Å². The number of nitrogens with zero attached hydrogens (tertiary/aromatic N) is 2. The maximum Gasteiger partial charge on any atom is 0.348 e. The number of aliphatic hydroxyl groups excluding tert-OH is 1. The number of aliphatic hydroxyl groups is 1. The van der Waals surface area contributed by atoms with E-state index < -0.39 is 34.5 Å². The molecule has 2 heterocycles. The van der Waals surface area contributed by atoms with Gasteiger partial charge >= 0.3 is 11.7 Å². The number of carbonyl (C=O) groups excluding carboxylic acids is 2. The summed E-state index contributed by atoms with van der Waals surface area (Å²) in [6.07, 6.45) is 1.05. The molecule has 3 N–H and O–H groups in total. The van der Waals surface area contributed by atoms with Gasteiger partial charge in [0.2, 0.25) is 5.91 Å². The summed E-state index contributed by atoms with van der Waals surface area (Å²) in [4.78, 5) is 52.0. The zero-order valence-corrected chi connectivity index (χ0v) is 23.2. The average molecular weight is 552 g/mol. The van der Waals surface area contributed by atoms with Gasteiger partial charge in [-0.25, -0.2) is 18.5 Å². The van der Waals surface area contributed by atoms with Crippen molar-refractivity contribution in [2.24, 2.45) is 5.73 Å². The molecular weight excluding hydrogens is 517 g/mol. The lowest BCUT2D eigenvalue weighted by molar-refractivity contribution is -0.125. The summed E-state index contributed by atoms with van der Waals surface area (Å²) in [5, 5.41) is 7.99. The number of carbonyl (C=O) groups is 2. The van der Waals surface area contributed by atoms with Crippen molar-refractivity contribution >= 4 is 33.4 Å². The lowest BCUT2D eigenvalue weighted by Gasteiger charge is -2.24. The molecule has 208 valence electrons. The van der Waals surface area contributed by atoms with Crippen LogP contribution in [0, 0.1) is 12.7 Å². The summed E-state index contributed by atoms with van der Waals surface area (Å²) < 4.78 is 26.3. The van der Waals surface area contributed by atoms with Crippen molar-refractivity contribution in [3.8, 4) is 5.75 Å². The second kappa shape index (κ2) is 12.8. The first-order valence-electron chi connectivity index (χ1n) is 12.1. The van der Waals surface area contributed by atoms with E-state index in [1.165, 1.54) is 43.7 Å². The van der Waals surface area contributed by atoms with Crippen molar-refractivity contribution in [2.75, 3.05) is 20.3 Å². The van der Waals surface area contributed by atoms with Crippen molar-refractivity contribution < 1.29 is 28.6 Å². The van der Waals surface area contributed by atoms with Crippen molar-refractivity contribution in [1.82, 2.24) is 9.13 Å². The number of hydrogen-bond acceptors (Lipinski definition) is 8. The monoisotopic (exact) mass is 551 g/mol. The van der Waals surface area contributed by atoms with E-state index in [4.69, 9.17) is 20.3 Å². The normalized spacial score (nSPS) is 11.2. The fourth-order valence-electron chi connectivity index (χ4n) is 3.71. The topological polar surface area (TPSA) is 143 Å². The van der Waals surface area contributed by atoms with E-state index in [0.29, 0.717) is 23.5 Å². The number of methoxy groups -OCH3 is 1. The molecule has 2 aromatic heterocycles. The number of esters is 1. The van der Waals surface area contributed by atoms with E-state index in [1.807, 2.05) is 6.92 Å². The first kappa shape index (κ1) is 30.7. The number of amides is 1. The molecule has 0 aliphatic rings. The van der Waals surface area contributed by atoms with E-state index in [1.54, 1.807) is 13.8 Å².